The highest BCUT2D eigenvalue weighted by Crippen LogP contribution is 2.42. The van der Waals surface area contributed by atoms with Gasteiger partial charge in [-0.15, -0.1) is 0 Å². The second-order valence-corrected chi connectivity index (χ2v) is 5.16. The molecule has 6 nitrogen and oxygen atoms in total. The largest absolute Gasteiger partial charge is 0.486 e. The smallest absolute Gasteiger partial charge is 0.307 e. The Morgan fingerprint density at radius 1 is 1.20 bits per heavy atom. The number of aliphatic carboxylic acids is 1. The van der Waals surface area contributed by atoms with Gasteiger partial charge in [-0.25, -0.2) is 0 Å². The molecule has 0 aromatic heterocycles. The van der Waals surface area contributed by atoms with Crippen molar-refractivity contribution >= 4 is 29.2 Å². The molecule has 20 heavy (non-hydrogen) atoms. The summed E-state index contributed by atoms with van der Waals surface area (Å²) in [4.78, 5) is 22.6. The lowest BCUT2D eigenvalue weighted by Gasteiger charge is -2.20. The molecule has 0 saturated heterocycles. The maximum Gasteiger partial charge on any atom is 0.307 e. The van der Waals surface area contributed by atoms with E-state index in [2.05, 4.69) is 5.32 Å². The van der Waals surface area contributed by atoms with Crippen LogP contribution in [0.2, 0.25) is 5.02 Å². The molecule has 3 rings (SSSR count). The first kappa shape index (κ1) is 13.1. The van der Waals surface area contributed by atoms with Crippen LogP contribution in [0.3, 0.4) is 0 Å². The van der Waals surface area contributed by atoms with E-state index in [0.29, 0.717) is 41.8 Å². The minimum Gasteiger partial charge on any atom is -0.486 e. The van der Waals surface area contributed by atoms with Gasteiger partial charge in [-0.05, 0) is 6.42 Å². The van der Waals surface area contributed by atoms with E-state index < -0.39 is 17.8 Å². The Balaban J connectivity index is 1.74. The zero-order chi connectivity index (χ0) is 14.3. The van der Waals surface area contributed by atoms with E-state index in [1.165, 1.54) is 0 Å². The van der Waals surface area contributed by atoms with Crippen LogP contribution in [0.5, 0.6) is 11.5 Å². The van der Waals surface area contributed by atoms with Gasteiger partial charge in [-0.2, -0.15) is 0 Å². The molecule has 106 valence electrons. The Kier molecular flexibility index (Phi) is 3.17. The van der Waals surface area contributed by atoms with Crippen molar-refractivity contribution in [3.05, 3.63) is 17.2 Å². The van der Waals surface area contributed by atoms with Crippen molar-refractivity contribution in [1.82, 2.24) is 0 Å². The number of carbonyl (C=O) groups is 2. The molecule has 0 spiro atoms. The normalized spacial score (nSPS) is 23.1. The van der Waals surface area contributed by atoms with Crippen LogP contribution < -0.4 is 14.8 Å². The van der Waals surface area contributed by atoms with Crippen LogP contribution in [-0.4, -0.2) is 30.2 Å². The molecule has 0 radical (unpaired) electrons. The monoisotopic (exact) mass is 297 g/mol. The lowest BCUT2D eigenvalue weighted by Crippen LogP contribution is -2.18. The van der Waals surface area contributed by atoms with E-state index in [0.717, 1.165) is 0 Å². The molecule has 1 aliphatic heterocycles. The van der Waals surface area contributed by atoms with Crippen LogP contribution in [0, 0.1) is 11.8 Å². The summed E-state index contributed by atoms with van der Waals surface area (Å²) in [5.41, 5.74) is 0.400. The zero-order valence-corrected chi connectivity index (χ0v) is 11.1. The average Bonchev–Trinajstić information content (AvgIpc) is 3.20. The summed E-state index contributed by atoms with van der Waals surface area (Å²) in [5, 5.41) is 11.8. The van der Waals surface area contributed by atoms with Crippen molar-refractivity contribution in [3.8, 4) is 11.5 Å². The SMILES string of the molecule is O=C(O)[C@H]1C[C@H]1C(=O)Nc1cc2c(cc1Cl)OCCO2. The van der Waals surface area contributed by atoms with Crippen molar-refractivity contribution in [2.75, 3.05) is 18.5 Å². The van der Waals surface area contributed by atoms with Crippen LogP contribution in [0.15, 0.2) is 12.1 Å². The van der Waals surface area contributed by atoms with Gasteiger partial charge in [-0.3, -0.25) is 9.59 Å². The van der Waals surface area contributed by atoms with Crippen molar-refractivity contribution in [2.24, 2.45) is 11.8 Å². The molecule has 2 atom stereocenters. The summed E-state index contributed by atoms with van der Waals surface area (Å²) in [6.45, 7) is 0.892. The quantitative estimate of drug-likeness (QED) is 0.888. The summed E-state index contributed by atoms with van der Waals surface area (Å²) < 4.78 is 10.8. The number of carbonyl (C=O) groups excluding carboxylic acids is 1. The van der Waals surface area contributed by atoms with Gasteiger partial charge in [0.25, 0.3) is 0 Å². The van der Waals surface area contributed by atoms with Crippen LogP contribution in [0.1, 0.15) is 6.42 Å². The Morgan fingerprint density at radius 2 is 1.85 bits per heavy atom. The molecule has 1 aromatic rings. The number of halogens is 1. The topological polar surface area (TPSA) is 84.9 Å². The minimum absolute atomic E-state index is 0.329. The molecule has 1 heterocycles. The fraction of sp³-hybridized carbons (Fsp3) is 0.385. The number of anilines is 1. The Hall–Kier alpha value is -1.95. The number of benzene rings is 1. The van der Waals surface area contributed by atoms with E-state index >= 15 is 0 Å². The lowest BCUT2D eigenvalue weighted by atomic mass is 10.2. The van der Waals surface area contributed by atoms with Gasteiger partial charge in [0.1, 0.15) is 13.2 Å². The molecule has 1 saturated carbocycles. The lowest BCUT2D eigenvalue weighted by molar-refractivity contribution is -0.139. The molecular weight excluding hydrogens is 286 g/mol. The third-order valence-electron chi connectivity index (χ3n) is 3.33. The predicted octanol–water partition coefficient (Wildman–Crippen LogP) is 1.77. The summed E-state index contributed by atoms with van der Waals surface area (Å²) in [7, 11) is 0. The molecule has 0 bridgehead atoms. The van der Waals surface area contributed by atoms with Gasteiger partial charge < -0.3 is 19.9 Å². The number of hydrogen-bond acceptors (Lipinski definition) is 4. The fourth-order valence-electron chi connectivity index (χ4n) is 2.14. The van der Waals surface area contributed by atoms with Crippen molar-refractivity contribution in [1.29, 1.82) is 0 Å². The highest BCUT2D eigenvalue weighted by molar-refractivity contribution is 6.34. The van der Waals surface area contributed by atoms with Gasteiger partial charge in [0.2, 0.25) is 5.91 Å². The Labute approximate surface area is 119 Å². The Bertz CT molecular complexity index is 588. The standard InChI is InChI=1S/C13H12ClNO5/c14-8-4-10-11(20-2-1-19-10)5-9(8)15-12(16)6-3-7(6)13(17)18/h4-7H,1-3H2,(H,15,16)(H,17,18)/t6-,7+/m1/s1. The van der Waals surface area contributed by atoms with Gasteiger partial charge in [0, 0.05) is 12.1 Å². The van der Waals surface area contributed by atoms with Crippen LogP contribution in [-0.2, 0) is 9.59 Å². The Morgan fingerprint density at radius 3 is 2.45 bits per heavy atom. The molecule has 2 aliphatic rings. The highest BCUT2D eigenvalue weighted by atomic mass is 35.5. The van der Waals surface area contributed by atoms with Crippen molar-refractivity contribution in [2.45, 2.75) is 6.42 Å². The molecular formula is C13H12ClNO5. The number of rotatable bonds is 3. The average molecular weight is 298 g/mol. The first-order valence-corrected chi connectivity index (χ1v) is 6.57. The maximum absolute atomic E-state index is 11.9. The second kappa shape index (κ2) is 4.86. The van der Waals surface area contributed by atoms with Crippen molar-refractivity contribution in [3.63, 3.8) is 0 Å². The second-order valence-electron chi connectivity index (χ2n) is 4.75. The predicted molar refractivity (Wildman–Crippen MR) is 70.3 cm³/mol. The van der Waals surface area contributed by atoms with Crippen LogP contribution >= 0.6 is 11.6 Å². The zero-order valence-electron chi connectivity index (χ0n) is 10.4. The van der Waals surface area contributed by atoms with Crippen molar-refractivity contribution < 1.29 is 24.2 Å². The number of nitrogens with one attached hydrogen (secondary N) is 1. The number of carboxylic acids is 1. The van der Waals surface area contributed by atoms with E-state index in [-0.39, 0.29) is 5.91 Å². The summed E-state index contributed by atoms with van der Waals surface area (Å²) in [5.74, 6) is -1.31. The highest BCUT2D eigenvalue weighted by Gasteiger charge is 2.48. The molecule has 7 heteroatoms. The number of ether oxygens (including phenoxy) is 2. The van der Waals surface area contributed by atoms with Crippen LogP contribution in [0.4, 0.5) is 5.69 Å². The third-order valence-corrected chi connectivity index (χ3v) is 3.65. The molecule has 1 amide bonds. The maximum atomic E-state index is 11.9. The number of fused-ring (bicyclic) bond motifs is 1. The van der Waals surface area contributed by atoms with E-state index in [4.69, 9.17) is 26.2 Å². The molecule has 0 unspecified atom stereocenters. The number of hydrogen-bond donors (Lipinski definition) is 2. The number of amides is 1. The van der Waals surface area contributed by atoms with Gasteiger partial charge in [0.15, 0.2) is 11.5 Å². The first-order valence-electron chi connectivity index (χ1n) is 6.19. The van der Waals surface area contributed by atoms with Gasteiger partial charge in [-0.1, -0.05) is 11.6 Å². The van der Waals surface area contributed by atoms with E-state index in [9.17, 15) is 9.59 Å². The minimum atomic E-state index is -0.946. The molecule has 2 N–H and O–H groups in total. The van der Waals surface area contributed by atoms with Gasteiger partial charge in [0.05, 0.1) is 22.5 Å². The van der Waals surface area contributed by atoms with Gasteiger partial charge >= 0.3 is 5.97 Å². The summed E-state index contributed by atoms with van der Waals surface area (Å²) >= 11 is 6.06. The molecule has 1 aromatic carbocycles. The fourth-order valence-corrected chi connectivity index (χ4v) is 2.34. The van der Waals surface area contributed by atoms with Crippen LogP contribution in [0.25, 0.3) is 0 Å². The third kappa shape index (κ3) is 2.38. The first-order chi connectivity index (χ1) is 9.56. The number of carboxylic acid groups (broad SMARTS) is 1. The van der Waals surface area contributed by atoms with E-state index in [1.54, 1.807) is 12.1 Å². The van der Waals surface area contributed by atoms with E-state index in [1.807, 2.05) is 0 Å². The molecule has 1 aliphatic carbocycles. The summed E-state index contributed by atoms with van der Waals surface area (Å²) in [6.07, 6.45) is 0.364. The molecule has 1 fully saturated rings. The summed E-state index contributed by atoms with van der Waals surface area (Å²) in [6, 6.07) is 3.17.